The quantitative estimate of drug-likeness (QED) is 0.0385. The fourth-order valence-electron chi connectivity index (χ4n) is 7.67. The van der Waals surface area contributed by atoms with Crippen molar-refractivity contribution in [2.75, 3.05) is 33.6 Å². The van der Waals surface area contributed by atoms with E-state index in [1.165, 1.54) is 11.1 Å². The molecule has 70 heavy (non-hydrogen) atoms. The maximum Gasteiger partial charge on any atom is 0.333 e. The maximum atomic E-state index is 13.0. The molecule has 0 amide bonds. The van der Waals surface area contributed by atoms with E-state index in [4.69, 9.17) is 33.3 Å². The maximum absolute atomic E-state index is 13.0. The molecule has 1 heterocycles. The number of benzene rings is 6. The van der Waals surface area contributed by atoms with Gasteiger partial charge in [-0.25, -0.2) is 9.59 Å². The van der Waals surface area contributed by atoms with Gasteiger partial charge in [-0.1, -0.05) is 144 Å². The molecule has 0 radical (unpaired) electrons. The largest absolute Gasteiger partial charge is 0.496 e. The van der Waals surface area contributed by atoms with Crippen LogP contribution in [0.4, 0.5) is 0 Å². The molecule has 3 unspecified atom stereocenters. The minimum atomic E-state index is -2.95. The molecule has 6 aromatic rings. The van der Waals surface area contributed by atoms with E-state index >= 15 is 0 Å². The highest BCUT2D eigenvalue weighted by atomic mass is 31.2. The van der Waals surface area contributed by atoms with Crippen molar-refractivity contribution in [3.8, 4) is 45.3 Å². The van der Waals surface area contributed by atoms with Gasteiger partial charge in [0.1, 0.15) is 48.0 Å². The number of rotatable bonds is 18. The van der Waals surface area contributed by atoms with Crippen LogP contribution in [0.25, 0.3) is 22.3 Å². The fourth-order valence-corrected chi connectivity index (χ4v) is 10.5. The molecule has 1 aliphatic heterocycles. The minimum absolute atomic E-state index is 0. The van der Waals surface area contributed by atoms with Gasteiger partial charge in [0, 0.05) is 40.4 Å². The third-order valence-corrected chi connectivity index (χ3v) is 14.7. The smallest absolute Gasteiger partial charge is 0.333 e. The first-order valence-corrected chi connectivity index (χ1v) is 24.7. The second-order valence-corrected chi connectivity index (χ2v) is 19.9. The van der Waals surface area contributed by atoms with Gasteiger partial charge in [-0.15, -0.1) is 0 Å². The van der Waals surface area contributed by atoms with E-state index in [-0.39, 0.29) is 43.9 Å². The van der Waals surface area contributed by atoms with Gasteiger partial charge in [-0.05, 0) is 91.9 Å². The van der Waals surface area contributed by atoms with E-state index in [0.29, 0.717) is 29.2 Å². The van der Waals surface area contributed by atoms with E-state index in [9.17, 15) is 14.4 Å². The zero-order valence-corrected chi connectivity index (χ0v) is 41.8. The topological polar surface area (TPSA) is 127 Å². The van der Waals surface area contributed by atoms with E-state index in [0.717, 1.165) is 52.0 Å². The van der Waals surface area contributed by atoms with E-state index in [1.54, 1.807) is 21.0 Å². The van der Waals surface area contributed by atoms with Crippen LogP contribution < -0.4 is 24.0 Å². The first kappa shape index (κ1) is 55.6. The third-order valence-electron chi connectivity index (χ3n) is 11.7. The first-order chi connectivity index (χ1) is 33.2. The van der Waals surface area contributed by atoms with Gasteiger partial charge >= 0.3 is 11.9 Å². The summed E-state index contributed by atoms with van der Waals surface area (Å²) >= 11 is 0. The van der Waals surface area contributed by atoms with Crippen LogP contribution in [0.1, 0.15) is 65.2 Å². The Morgan fingerprint density at radius 2 is 1.11 bits per heavy atom. The van der Waals surface area contributed by atoms with Crippen LogP contribution in [-0.2, 0) is 29.3 Å². The number of fused-ring (bicyclic) bond motifs is 3. The molecular formula is C59H68O10P+. The molecule has 0 saturated carbocycles. The number of aliphatic hydroxyl groups excluding tert-OH is 1. The van der Waals surface area contributed by atoms with Crippen molar-refractivity contribution in [1.29, 1.82) is 0 Å². The van der Waals surface area contributed by atoms with E-state index in [2.05, 4.69) is 58.2 Å². The molecule has 1 aliphatic rings. The van der Waals surface area contributed by atoms with Crippen molar-refractivity contribution in [1.82, 2.24) is 0 Å². The van der Waals surface area contributed by atoms with E-state index in [1.807, 2.05) is 128 Å². The summed E-state index contributed by atoms with van der Waals surface area (Å²) < 4.78 is 35.3. The molecule has 3 atom stereocenters. The van der Waals surface area contributed by atoms with Crippen LogP contribution in [0.15, 0.2) is 170 Å². The molecule has 7 rings (SSSR count). The lowest BCUT2D eigenvalue weighted by molar-refractivity contribution is -0.146. The van der Waals surface area contributed by atoms with Crippen LogP contribution in [0.5, 0.6) is 23.0 Å². The predicted molar refractivity (Wildman–Crippen MR) is 284 cm³/mol. The number of methoxy groups -OCH3 is 1. The molecule has 0 saturated heterocycles. The molecule has 11 heteroatoms. The monoisotopic (exact) mass is 967 g/mol. The second kappa shape index (κ2) is 26.1. The van der Waals surface area contributed by atoms with Crippen LogP contribution >= 0.6 is 7.49 Å². The summed E-state index contributed by atoms with van der Waals surface area (Å²) in [5.41, 5.74) is 7.90. The highest BCUT2D eigenvalue weighted by Gasteiger charge is 2.52. The molecule has 368 valence electrons. The second-order valence-electron chi connectivity index (χ2n) is 17.0. The highest BCUT2D eigenvalue weighted by molar-refractivity contribution is 7.91. The van der Waals surface area contributed by atoms with E-state index < -0.39 is 25.5 Å². The molecule has 6 aromatic carbocycles. The first-order valence-electron chi connectivity index (χ1n) is 22.8. The zero-order chi connectivity index (χ0) is 50.1. The number of hydrogen-bond acceptors (Lipinski definition) is 10. The van der Waals surface area contributed by atoms with Crippen LogP contribution in [-0.4, -0.2) is 68.9 Å². The molecular weight excluding hydrogens is 900 g/mol. The summed E-state index contributed by atoms with van der Waals surface area (Å²) in [4.78, 5) is 37.7. The Hall–Kier alpha value is -7.00. The van der Waals surface area contributed by atoms with Crippen molar-refractivity contribution in [2.24, 2.45) is 0 Å². The van der Waals surface area contributed by atoms with Gasteiger partial charge < -0.3 is 33.3 Å². The van der Waals surface area contributed by atoms with Crippen molar-refractivity contribution < 1.29 is 47.7 Å². The number of esters is 2. The molecule has 0 fully saturated rings. The number of carbonyl (C=O) groups is 3. The summed E-state index contributed by atoms with van der Waals surface area (Å²) in [7, 11) is -0.240. The Morgan fingerprint density at radius 1 is 0.657 bits per heavy atom. The molecule has 0 bridgehead atoms. The Balaban J connectivity index is 0.000000499. The SMILES string of the molecule is C.C=C(C)C(=O)OC(CC)COc1ccc(C(C)(C)c2ccc(OCC(C[P+]3(C=O)Oc4ccccc4-c4ccccc43)OC(=O)C(=C)C)cc2)cc1.CO.COc1ccccc1-c1ccccc1C. The fraction of sp³-hybridized carbons (Fsp3) is 0.271. The van der Waals surface area contributed by atoms with Crippen molar-refractivity contribution in [2.45, 2.75) is 73.0 Å². The number of aliphatic hydroxyl groups is 1. The van der Waals surface area contributed by atoms with Crippen molar-refractivity contribution >= 4 is 30.8 Å². The standard InChI is InChI=1S/C43H46O8P.C14H14O.CH4O.CH4/c1-8-33(49-41(45)29(2)3)25-47-34-21-17-31(18-22-34)43(6,7)32-19-23-35(24-20-32)48-26-36(50-42(46)30(4)5)27-52(28-44)40-16-12-10-14-38(40)37-13-9-11-15-39(37)51-52;1-11-7-3-4-8-12(11)13-9-5-6-10-14(13)15-2;1-2;/h9-24,28,33,36H,2,4,8,25-27H2,1,3,5-7H3;3-10H,1-2H3;2H,1H3;1H4/q+1;;;. The molecule has 0 aliphatic carbocycles. The third kappa shape index (κ3) is 13.8. The van der Waals surface area contributed by atoms with Gasteiger partial charge in [0.25, 0.3) is 13.5 Å². The molecule has 0 spiro atoms. The molecule has 1 N–H and O–H groups in total. The van der Waals surface area contributed by atoms with Crippen molar-refractivity contribution in [3.05, 3.63) is 187 Å². The lowest BCUT2D eigenvalue weighted by Gasteiger charge is -2.30. The van der Waals surface area contributed by atoms with Gasteiger partial charge in [0.15, 0.2) is 11.9 Å². The predicted octanol–water partition coefficient (Wildman–Crippen LogP) is 12.6. The number of carbonyl (C=O) groups excluding carboxylic acids is 3. The van der Waals surface area contributed by atoms with Gasteiger partial charge in [-0.3, -0.25) is 4.79 Å². The average Bonchev–Trinajstić information content (AvgIpc) is 3.37. The summed E-state index contributed by atoms with van der Waals surface area (Å²) in [5, 5.41) is 7.81. The summed E-state index contributed by atoms with van der Waals surface area (Å²) in [6.45, 7) is 19.2. The molecule has 10 nitrogen and oxygen atoms in total. The number of aryl methyl sites for hydroxylation is 1. The molecule has 0 aromatic heterocycles. The van der Waals surface area contributed by atoms with Gasteiger partial charge in [-0.2, -0.15) is 0 Å². The Kier molecular flexibility index (Phi) is 20.7. The zero-order valence-electron chi connectivity index (χ0n) is 40.9. The number of para-hydroxylation sites is 2. The Bertz CT molecular complexity index is 2690. The lowest BCUT2D eigenvalue weighted by Crippen LogP contribution is -2.36. The summed E-state index contributed by atoms with van der Waals surface area (Å²) in [6.07, 6.45) is -0.381. The number of hydrogen-bond donors (Lipinski definition) is 1. The lowest BCUT2D eigenvalue weighted by atomic mass is 9.78. The normalized spacial score (nSPS) is 14.0. The highest BCUT2D eigenvalue weighted by Crippen LogP contribution is 2.62. The Morgan fingerprint density at radius 3 is 1.63 bits per heavy atom. The summed E-state index contributed by atoms with van der Waals surface area (Å²) in [6, 6.07) is 48.3. The minimum Gasteiger partial charge on any atom is -0.496 e. The number of ether oxygens (including phenoxy) is 5. The van der Waals surface area contributed by atoms with Crippen LogP contribution in [0, 0.1) is 6.92 Å². The average molecular weight is 968 g/mol. The summed E-state index contributed by atoms with van der Waals surface area (Å²) in [5.74, 6) is 1.83. The van der Waals surface area contributed by atoms with Crippen LogP contribution in [0.2, 0.25) is 0 Å². The van der Waals surface area contributed by atoms with Crippen molar-refractivity contribution in [3.63, 3.8) is 0 Å². The van der Waals surface area contributed by atoms with Gasteiger partial charge in [0.05, 0.1) is 7.11 Å². The van der Waals surface area contributed by atoms with Gasteiger partial charge in [0.2, 0.25) is 0 Å². The Labute approximate surface area is 415 Å². The van der Waals surface area contributed by atoms with Crippen LogP contribution in [0.3, 0.4) is 0 Å².